The Labute approximate surface area is 507 Å². The number of hydrogen-bond donors (Lipinski definition) is 0. The van der Waals surface area contributed by atoms with Gasteiger partial charge < -0.3 is 9.80 Å². The van der Waals surface area contributed by atoms with Crippen LogP contribution in [-0.2, 0) is 16.2 Å². The summed E-state index contributed by atoms with van der Waals surface area (Å²) in [5.41, 5.74) is 31.6. The fourth-order valence-corrected chi connectivity index (χ4v) is 17.2. The Morgan fingerprint density at radius 2 is 0.483 bits per heavy atom. The number of nitrogens with zero attached hydrogens (tertiary/aromatic N) is 2. The molecule has 0 amide bonds. The van der Waals surface area contributed by atoms with Crippen molar-refractivity contribution >= 4 is 55.7 Å². The summed E-state index contributed by atoms with van der Waals surface area (Å²) in [6.07, 6.45) is 0. The summed E-state index contributed by atoms with van der Waals surface area (Å²) in [5, 5.41) is 4.69. The van der Waals surface area contributed by atoms with Crippen LogP contribution in [0.2, 0.25) is 0 Å². The lowest BCUT2D eigenvalue weighted by Gasteiger charge is -2.35. The Balaban J connectivity index is 0.923. The molecule has 0 fully saturated rings. The second kappa shape index (κ2) is 17.6. The molecule has 19 rings (SSSR count). The van der Waals surface area contributed by atoms with Gasteiger partial charge in [-0.15, -0.1) is 0 Å². The van der Waals surface area contributed by atoms with Crippen molar-refractivity contribution in [3.05, 3.63) is 359 Å². The number of fused-ring (bicyclic) bond motifs is 25. The van der Waals surface area contributed by atoms with E-state index in [1.54, 1.807) is 0 Å². The lowest BCUT2D eigenvalue weighted by molar-refractivity contribution is 0.661. The first-order chi connectivity index (χ1) is 43.0. The quantitative estimate of drug-likeness (QED) is 0.121. The monoisotopic (exact) mass is 1100 g/mol. The fourth-order valence-electron chi connectivity index (χ4n) is 17.2. The molecule has 2 nitrogen and oxygen atoms in total. The van der Waals surface area contributed by atoms with Crippen molar-refractivity contribution in [2.45, 2.75) is 30.1 Å². The average Bonchev–Trinajstić information content (AvgIpc) is 1.57. The van der Waals surface area contributed by atoms with E-state index in [-0.39, 0.29) is 5.41 Å². The predicted molar refractivity (Wildman–Crippen MR) is 361 cm³/mol. The summed E-state index contributed by atoms with van der Waals surface area (Å²) in [4.78, 5) is 5.19. The van der Waals surface area contributed by atoms with Gasteiger partial charge >= 0.3 is 0 Å². The number of rotatable bonds is 6. The topological polar surface area (TPSA) is 6.48 Å². The van der Waals surface area contributed by atoms with Gasteiger partial charge in [-0.05, 0) is 172 Å². The van der Waals surface area contributed by atoms with Crippen LogP contribution in [0.4, 0.5) is 34.1 Å². The van der Waals surface area contributed by atoms with Crippen molar-refractivity contribution < 1.29 is 0 Å². The average molecular weight is 1110 g/mol. The van der Waals surface area contributed by atoms with Gasteiger partial charge in [-0.1, -0.05) is 257 Å². The third-order valence-corrected chi connectivity index (χ3v) is 20.6. The molecule has 0 aromatic heterocycles. The van der Waals surface area contributed by atoms with E-state index in [2.05, 4.69) is 327 Å². The molecule has 0 bridgehead atoms. The fraction of sp³-hybridized carbons (Fsp3) is 0.0588. The van der Waals surface area contributed by atoms with Crippen LogP contribution in [-0.4, -0.2) is 0 Å². The van der Waals surface area contributed by atoms with Gasteiger partial charge in [0.05, 0.1) is 22.2 Å². The molecule has 14 aromatic rings. The standard InChI is InChI=1S/C85H56N2/c1-83(2)71-38-18-11-35-63(71)68-51-69-70(52-78(68)83)82(87(54-27-7-4-8-28-54)56-46-48-65-62-34-17-24-44-77(62)85(80(65)50-56)74-41-21-14-31-59(74)60-32-15-22-42-75(60)85)67-37-10-9-36-66(67)81(69)86(53-25-5-3-6-26-53)55-45-47-64-61-33-16-23-43-76(61)84(79(64)49-55)72-39-19-12-29-57(72)58-30-13-20-40-73(58)84/h3-52H,1-2H3. The highest BCUT2D eigenvalue weighted by Gasteiger charge is 2.53. The van der Waals surface area contributed by atoms with Gasteiger partial charge in [-0.25, -0.2) is 0 Å². The minimum absolute atomic E-state index is 0.272. The van der Waals surface area contributed by atoms with E-state index >= 15 is 0 Å². The van der Waals surface area contributed by atoms with E-state index in [1.165, 1.54) is 122 Å². The van der Waals surface area contributed by atoms with Gasteiger partial charge in [-0.3, -0.25) is 0 Å². The summed E-state index contributed by atoms with van der Waals surface area (Å²) in [6.45, 7) is 4.84. The molecule has 2 spiro atoms. The molecule has 0 unspecified atom stereocenters. The van der Waals surface area contributed by atoms with Crippen molar-refractivity contribution in [3.63, 3.8) is 0 Å². The first kappa shape index (κ1) is 48.6. The Hall–Kier alpha value is -10.8. The maximum absolute atomic E-state index is 2.60. The number of anilines is 6. The molecular formula is C85H56N2. The SMILES string of the molecule is CC1(C)c2ccccc2-c2cc3c(N(c4ccccc4)c4ccc5c(c4)C4(c6ccccc6-c6ccccc64)c4ccccc4-5)c4ccccc4c(N(c4ccccc4)c4ccc5c(c4)C4(c6ccccc6-c6ccccc64)c4ccccc4-5)c3cc21. The van der Waals surface area contributed by atoms with Crippen molar-refractivity contribution in [3.8, 4) is 55.6 Å². The molecule has 2 heteroatoms. The van der Waals surface area contributed by atoms with E-state index in [0.717, 1.165) is 44.9 Å². The molecule has 0 N–H and O–H groups in total. The molecule has 0 saturated heterocycles. The summed E-state index contributed by atoms with van der Waals surface area (Å²) < 4.78 is 0. The molecule has 5 aliphatic carbocycles. The maximum Gasteiger partial charge on any atom is 0.0726 e. The normalized spacial score (nSPS) is 14.6. The van der Waals surface area contributed by atoms with Crippen molar-refractivity contribution in [1.29, 1.82) is 0 Å². The third-order valence-electron chi connectivity index (χ3n) is 20.6. The Morgan fingerprint density at radius 3 is 0.851 bits per heavy atom. The van der Waals surface area contributed by atoms with Crippen LogP contribution < -0.4 is 9.80 Å². The van der Waals surface area contributed by atoms with Gasteiger partial charge in [0.1, 0.15) is 0 Å². The minimum Gasteiger partial charge on any atom is -0.309 e. The van der Waals surface area contributed by atoms with Crippen LogP contribution in [0.15, 0.2) is 303 Å². The molecule has 0 heterocycles. The summed E-state index contributed by atoms with van der Waals surface area (Å²) in [5.74, 6) is 0. The lowest BCUT2D eigenvalue weighted by atomic mass is 9.70. The third kappa shape index (κ3) is 6.19. The number of benzene rings is 14. The Morgan fingerprint density at radius 1 is 0.195 bits per heavy atom. The van der Waals surface area contributed by atoms with Gasteiger partial charge in [0.25, 0.3) is 0 Å². The van der Waals surface area contributed by atoms with E-state index in [4.69, 9.17) is 0 Å². The molecule has 0 radical (unpaired) electrons. The first-order valence-electron chi connectivity index (χ1n) is 30.7. The molecule has 87 heavy (non-hydrogen) atoms. The first-order valence-corrected chi connectivity index (χ1v) is 30.7. The minimum atomic E-state index is -0.518. The van der Waals surface area contributed by atoms with E-state index < -0.39 is 10.8 Å². The van der Waals surface area contributed by atoms with Crippen LogP contribution in [0.5, 0.6) is 0 Å². The maximum atomic E-state index is 2.60. The largest absolute Gasteiger partial charge is 0.309 e. The van der Waals surface area contributed by atoms with Gasteiger partial charge in [0.15, 0.2) is 0 Å². The summed E-state index contributed by atoms with van der Waals surface area (Å²) in [6, 6.07) is 115. The highest BCUT2D eigenvalue weighted by Crippen LogP contribution is 2.66. The molecule has 0 atom stereocenters. The predicted octanol–water partition coefficient (Wildman–Crippen LogP) is 21.9. The van der Waals surface area contributed by atoms with Crippen LogP contribution in [0.3, 0.4) is 0 Å². The smallest absolute Gasteiger partial charge is 0.0726 e. The highest BCUT2D eigenvalue weighted by atomic mass is 15.2. The lowest BCUT2D eigenvalue weighted by Crippen LogP contribution is -2.26. The van der Waals surface area contributed by atoms with Crippen LogP contribution in [0, 0.1) is 0 Å². The van der Waals surface area contributed by atoms with Crippen LogP contribution in [0.25, 0.3) is 77.2 Å². The van der Waals surface area contributed by atoms with Crippen molar-refractivity contribution in [1.82, 2.24) is 0 Å². The van der Waals surface area contributed by atoms with Gasteiger partial charge in [0.2, 0.25) is 0 Å². The Bertz CT molecular complexity index is 5150. The van der Waals surface area contributed by atoms with Gasteiger partial charge in [-0.2, -0.15) is 0 Å². The second-order valence-corrected chi connectivity index (χ2v) is 24.9. The molecule has 14 aromatic carbocycles. The molecule has 406 valence electrons. The molecular weight excluding hydrogens is 1050 g/mol. The van der Waals surface area contributed by atoms with E-state index in [9.17, 15) is 0 Å². The zero-order valence-corrected chi connectivity index (χ0v) is 48.3. The van der Waals surface area contributed by atoms with Crippen molar-refractivity contribution in [2.24, 2.45) is 0 Å². The van der Waals surface area contributed by atoms with Crippen LogP contribution in [0.1, 0.15) is 69.5 Å². The number of hydrogen-bond acceptors (Lipinski definition) is 2. The molecule has 0 aliphatic heterocycles. The Kier molecular flexibility index (Phi) is 9.85. The summed E-state index contributed by atoms with van der Waals surface area (Å²) >= 11 is 0. The molecule has 0 saturated carbocycles. The molecule has 5 aliphatic rings. The van der Waals surface area contributed by atoms with Crippen molar-refractivity contribution in [2.75, 3.05) is 9.80 Å². The van der Waals surface area contributed by atoms with E-state index in [1.807, 2.05) is 0 Å². The summed E-state index contributed by atoms with van der Waals surface area (Å²) in [7, 11) is 0. The van der Waals surface area contributed by atoms with Crippen LogP contribution >= 0.6 is 0 Å². The zero-order valence-electron chi connectivity index (χ0n) is 48.3. The highest BCUT2D eigenvalue weighted by molar-refractivity contribution is 6.24. The van der Waals surface area contributed by atoms with E-state index in [0.29, 0.717) is 0 Å². The van der Waals surface area contributed by atoms with Gasteiger partial charge in [0, 0.05) is 49.7 Å². The zero-order chi connectivity index (χ0) is 57.3. The number of para-hydroxylation sites is 2. The second-order valence-electron chi connectivity index (χ2n) is 24.9.